The molecule has 0 aliphatic carbocycles. The molecular weight excluding hydrogens is 472 g/mol. The highest BCUT2D eigenvalue weighted by Crippen LogP contribution is 2.55. The number of Topliss-reactive ketones (excluding diaryl/α,β-unsaturated/α-hetero) is 1. The Morgan fingerprint density at radius 3 is 2.16 bits per heavy atom. The number of carbonyl (C=O) groups is 2. The average Bonchev–Trinajstić information content (AvgIpc) is 3.49. The van der Waals surface area contributed by atoms with Crippen molar-refractivity contribution in [2.75, 3.05) is 4.90 Å². The van der Waals surface area contributed by atoms with Gasteiger partial charge in [0.15, 0.2) is 11.3 Å². The molecule has 3 aliphatic rings. The zero-order chi connectivity index (χ0) is 25.7. The number of carbonyl (C=O) groups excluding carboxylic acids is 2. The highest BCUT2D eigenvalue weighted by atomic mass is 16.6. The first kappa shape index (κ1) is 22.4. The van der Waals surface area contributed by atoms with Crippen LogP contribution in [-0.2, 0) is 9.53 Å². The minimum absolute atomic E-state index is 0.0532. The molecule has 4 atom stereocenters. The summed E-state index contributed by atoms with van der Waals surface area (Å²) in [6.07, 6.45) is 4.04. The number of fused-ring (bicyclic) bond motifs is 4. The first-order valence-electron chi connectivity index (χ1n) is 12.8. The lowest BCUT2D eigenvalue weighted by atomic mass is 9.74. The maximum absolute atomic E-state index is 14.4. The molecule has 0 N–H and O–H groups in total. The van der Waals surface area contributed by atoms with E-state index in [1.807, 2.05) is 127 Å². The zero-order valence-corrected chi connectivity index (χ0v) is 20.5. The normalized spacial score (nSPS) is 25.1. The van der Waals surface area contributed by atoms with Crippen LogP contribution in [0, 0.1) is 0 Å². The Labute approximate surface area is 220 Å². The van der Waals surface area contributed by atoms with E-state index in [4.69, 9.17) is 9.73 Å². The van der Waals surface area contributed by atoms with Gasteiger partial charge in [-0.15, -0.1) is 0 Å². The fourth-order valence-corrected chi connectivity index (χ4v) is 6.21. The van der Waals surface area contributed by atoms with Crippen molar-refractivity contribution in [1.82, 2.24) is 0 Å². The van der Waals surface area contributed by atoms with Crippen molar-refractivity contribution in [2.24, 2.45) is 4.99 Å². The Hall–Kier alpha value is -4.77. The molecule has 38 heavy (non-hydrogen) atoms. The molecule has 7 rings (SSSR count). The Morgan fingerprint density at radius 2 is 1.42 bits per heavy atom. The molecule has 0 bridgehead atoms. The van der Waals surface area contributed by atoms with Crippen molar-refractivity contribution in [3.8, 4) is 0 Å². The van der Waals surface area contributed by atoms with Gasteiger partial charge in [0.2, 0.25) is 5.90 Å². The summed E-state index contributed by atoms with van der Waals surface area (Å²) < 4.78 is 5.95. The van der Waals surface area contributed by atoms with Crippen LogP contribution in [-0.4, -0.2) is 35.3 Å². The van der Waals surface area contributed by atoms with Gasteiger partial charge in [0.05, 0.1) is 12.0 Å². The van der Waals surface area contributed by atoms with E-state index in [1.54, 1.807) is 0 Å². The Morgan fingerprint density at radius 1 is 0.789 bits per heavy atom. The first-order valence-corrected chi connectivity index (χ1v) is 12.8. The number of hydrogen-bond acceptors (Lipinski definition) is 5. The second-order valence-electron chi connectivity index (χ2n) is 9.83. The van der Waals surface area contributed by atoms with Gasteiger partial charge in [-0.05, 0) is 29.3 Å². The molecule has 0 saturated carbocycles. The van der Waals surface area contributed by atoms with Crippen LogP contribution < -0.4 is 4.90 Å². The third-order valence-electron chi connectivity index (χ3n) is 7.82. The summed E-state index contributed by atoms with van der Waals surface area (Å²) in [5.41, 5.74) is 2.76. The van der Waals surface area contributed by atoms with Gasteiger partial charge in [-0.2, -0.15) is 0 Å². The first-order chi connectivity index (χ1) is 18.7. The second kappa shape index (κ2) is 8.67. The summed E-state index contributed by atoms with van der Waals surface area (Å²) in [6, 6.07) is 35.4. The van der Waals surface area contributed by atoms with Crippen LogP contribution in [0.25, 0.3) is 6.08 Å². The third-order valence-corrected chi connectivity index (χ3v) is 7.82. The largest absolute Gasteiger partial charge is 0.405 e. The maximum Gasteiger partial charge on any atom is 0.344 e. The molecule has 4 aromatic carbocycles. The summed E-state index contributed by atoms with van der Waals surface area (Å²) in [5.74, 6) is -0.780. The predicted molar refractivity (Wildman–Crippen MR) is 147 cm³/mol. The third kappa shape index (κ3) is 3.21. The van der Waals surface area contributed by atoms with Crippen molar-refractivity contribution in [3.05, 3.63) is 144 Å². The number of nitrogens with zero attached hydrogens (tertiary/aromatic N) is 2. The molecule has 5 nitrogen and oxygen atoms in total. The quantitative estimate of drug-likeness (QED) is 0.269. The van der Waals surface area contributed by atoms with E-state index in [1.165, 1.54) is 0 Å². The fraction of sp³-hybridized carbons (Fsp3) is 0.121. The molecule has 1 fully saturated rings. The number of para-hydroxylation sites is 1. The molecule has 0 aromatic heterocycles. The van der Waals surface area contributed by atoms with Crippen molar-refractivity contribution in [2.45, 2.75) is 23.5 Å². The van der Waals surface area contributed by atoms with Gasteiger partial charge in [0.1, 0.15) is 6.04 Å². The van der Waals surface area contributed by atoms with Crippen LogP contribution in [0.4, 0.5) is 5.69 Å². The summed E-state index contributed by atoms with van der Waals surface area (Å²) in [7, 11) is 0. The van der Waals surface area contributed by atoms with Crippen molar-refractivity contribution in [1.29, 1.82) is 0 Å². The molecule has 4 aromatic rings. The lowest BCUT2D eigenvalue weighted by Crippen LogP contribution is -2.49. The number of ketones is 1. The lowest BCUT2D eigenvalue weighted by Gasteiger charge is -2.35. The van der Waals surface area contributed by atoms with Gasteiger partial charge in [-0.3, -0.25) is 4.79 Å². The van der Waals surface area contributed by atoms with Gasteiger partial charge < -0.3 is 9.64 Å². The van der Waals surface area contributed by atoms with Crippen molar-refractivity contribution < 1.29 is 14.3 Å². The monoisotopic (exact) mass is 496 g/mol. The Balaban J connectivity index is 1.51. The minimum Gasteiger partial charge on any atom is -0.405 e. The number of hydrogen-bond donors (Lipinski definition) is 0. The van der Waals surface area contributed by atoms with Crippen molar-refractivity contribution >= 4 is 29.4 Å². The zero-order valence-electron chi connectivity index (χ0n) is 20.5. The van der Waals surface area contributed by atoms with Gasteiger partial charge in [0.25, 0.3) is 0 Å². The van der Waals surface area contributed by atoms with Gasteiger partial charge >= 0.3 is 5.97 Å². The smallest absolute Gasteiger partial charge is 0.344 e. The molecule has 0 unspecified atom stereocenters. The lowest BCUT2D eigenvalue weighted by molar-refractivity contribution is -0.139. The molecule has 0 amide bonds. The molecule has 3 heterocycles. The molecule has 5 heteroatoms. The van der Waals surface area contributed by atoms with Crippen LogP contribution in [0.2, 0.25) is 0 Å². The standard InChI is InChI=1S/C33H24N2O3/c36-30(24-15-6-2-7-16-24)29-28(23-13-4-1-5-14-23)33(27-21-20-22-12-10-11-19-26(22)35(27)29)32(37)38-31(34-33)25-17-8-3-9-18-25/h1-21,27-29H/t27-,28+,29-,33+/m0/s1. The summed E-state index contributed by atoms with van der Waals surface area (Å²) in [4.78, 5) is 35.8. The topological polar surface area (TPSA) is 59.0 Å². The number of aliphatic imine (C=N–C) groups is 1. The number of benzene rings is 4. The SMILES string of the molecule is O=C(c1ccccc1)[C@@H]1[C@@H](c2ccccc2)[C@]2(N=C(c3ccccc3)OC2=O)[C@@H]2C=Cc3ccccc3N12. The average molecular weight is 497 g/mol. The van der Waals surface area contributed by atoms with E-state index < -0.39 is 29.5 Å². The van der Waals surface area contributed by atoms with E-state index >= 15 is 0 Å². The predicted octanol–water partition coefficient (Wildman–Crippen LogP) is 5.68. The molecule has 184 valence electrons. The number of esters is 1. The molecule has 1 spiro atoms. The number of ether oxygens (including phenoxy) is 1. The fourth-order valence-electron chi connectivity index (χ4n) is 6.21. The summed E-state index contributed by atoms with van der Waals surface area (Å²) in [6.45, 7) is 0. The number of cyclic esters (lactones) is 1. The Kier molecular flexibility index (Phi) is 5.11. The molecular formula is C33H24N2O3. The van der Waals surface area contributed by atoms with E-state index in [9.17, 15) is 9.59 Å². The molecule has 0 radical (unpaired) electrons. The van der Waals surface area contributed by atoms with Crippen LogP contribution in [0.15, 0.2) is 126 Å². The highest BCUT2D eigenvalue weighted by molar-refractivity contribution is 6.12. The number of rotatable bonds is 4. The van der Waals surface area contributed by atoms with Gasteiger partial charge in [-0.25, -0.2) is 9.79 Å². The summed E-state index contributed by atoms with van der Waals surface area (Å²) >= 11 is 0. The minimum atomic E-state index is -1.34. The molecule has 1 saturated heterocycles. The number of anilines is 1. The van der Waals surface area contributed by atoms with Gasteiger partial charge in [0, 0.05) is 16.8 Å². The van der Waals surface area contributed by atoms with Crippen molar-refractivity contribution in [3.63, 3.8) is 0 Å². The van der Waals surface area contributed by atoms with Crippen LogP contribution >= 0.6 is 0 Å². The van der Waals surface area contributed by atoms with E-state index in [2.05, 4.69) is 4.90 Å². The summed E-state index contributed by atoms with van der Waals surface area (Å²) in [5, 5.41) is 0. The Bertz CT molecular complexity index is 1600. The van der Waals surface area contributed by atoms with E-state index in [-0.39, 0.29) is 11.7 Å². The highest BCUT2D eigenvalue weighted by Gasteiger charge is 2.69. The van der Waals surface area contributed by atoms with Crippen LogP contribution in [0.3, 0.4) is 0 Å². The second-order valence-corrected chi connectivity index (χ2v) is 9.83. The van der Waals surface area contributed by atoms with Crippen LogP contribution in [0.1, 0.15) is 33.0 Å². The maximum atomic E-state index is 14.4. The van der Waals surface area contributed by atoms with Crippen LogP contribution in [0.5, 0.6) is 0 Å². The van der Waals surface area contributed by atoms with E-state index in [0.29, 0.717) is 5.56 Å². The van der Waals surface area contributed by atoms with E-state index in [0.717, 1.165) is 22.4 Å². The van der Waals surface area contributed by atoms with Gasteiger partial charge in [-0.1, -0.05) is 109 Å². The molecule has 3 aliphatic heterocycles.